The van der Waals surface area contributed by atoms with E-state index in [9.17, 15) is 11.0 Å². The number of fused-ring (bicyclic) bond motifs is 5. The van der Waals surface area contributed by atoms with Crippen LogP contribution >= 0.6 is 0 Å². The van der Waals surface area contributed by atoms with E-state index in [-0.39, 0.29) is 11.1 Å². The third-order valence-corrected chi connectivity index (χ3v) is 8.11. The van der Waals surface area contributed by atoms with Crippen LogP contribution in [0.25, 0.3) is 38.6 Å². The predicted molar refractivity (Wildman–Crippen MR) is 185 cm³/mol. The smallest absolute Gasteiger partial charge is 0.132 e. The molecular weight excluding hydrogens is 546 g/mol. The molecule has 0 radical (unpaired) electrons. The summed E-state index contributed by atoms with van der Waals surface area (Å²) in [7, 11) is 0. The molecule has 1 aliphatic rings. The van der Waals surface area contributed by atoms with Crippen LogP contribution in [0.1, 0.15) is 45.6 Å². The topological polar surface area (TPSA) is 14.2 Å². The minimum absolute atomic E-state index is 0.187. The Labute approximate surface area is 286 Å². The lowest BCUT2D eigenvalue weighted by atomic mass is 9.63. The Hall–Kier alpha value is -5.86. The van der Waals surface area contributed by atoms with Crippen LogP contribution in [-0.2, 0) is 5.41 Å². The molecule has 0 atom stereocenters. The van der Waals surface area contributed by atoms with Crippen LogP contribution in [0.4, 0.5) is 0 Å². The average Bonchev–Trinajstić information content (AvgIpc) is 3.60. The van der Waals surface area contributed by atoms with E-state index in [1.54, 1.807) is 18.2 Å². The minimum Gasteiger partial charge on any atom is -0.457 e. The maximum Gasteiger partial charge on any atom is 0.132 e. The molecular formula is C43H29NO. The van der Waals surface area contributed by atoms with Crippen molar-refractivity contribution in [2.24, 2.45) is 0 Å². The Balaban J connectivity index is 1.50. The number of aromatic nitrogens is 1. The number of para-hydroxylation sites is 3. The van der Waals surface area contributed by atoms with Crippen molar-refractivity contribution < 1.29 is 28.0 Å². The molecule has 212 valence electrons. The predicted octanol–water partition coefficient (Wildman–Crippen LogP) is 10.9. The zero-order valence-corrected chi connectivity index (χ0v) is 23.3. The van der Waals surface area contributed by atoms with Crippen molar-refractivity contribution in [2.45, 2.75) is 5.41 Å². The van der Waals surface area contributed by atoms with Gasteiger partial charge < -0.3 is 9.30 Å². The summed E-state index contributed by atoms with van der Waals surface area (Å²) < 4.78 is 162. The van der Waals surface area contributed by atoms with E-state index in [0.29, 0.717) is 5.39 Å². The van der Waals surface area contributed by atoms with Gasteiger partial charge in [-0.15, -0.1) is 0 Å². The lowest BCUT2D eigenvalue weighted by Gasteiger charge is -2.41. The molecule has 1 aliphatic heterocycles. The third-order valence-electron chi connectivity index (χ3n) is 8.11. The molecule has 0 bridgehead atoms. The molecule has 2 heterocycles. The van der Waals surface area contributed by atoms with Gasteiger partial charge >= 0.3 is 0 Å². The fourth-order valence-corrected chi connectivity index (χ4v) is 6.23. The standard InChI is InChI=1S/C43H29NO/c1-4-14-32(15-5-1)43(33-16-6-2-7-17-33)37-21-11-13-23-41(37)45-42-29-31(24-26-38(42)43)30-25-27-40-36(28-30)35-20-10-12-22-39(35)44(40)34-18-8-3-9-19-34/h1-29H/i1D,2D,4D,5D,6D,7D,11D,13D,14D,15D,16D,17D,21D,23D,24D,26D,29D. The van der Waals surface area contributed by atoms with E-state index < -0.39 is 142 Å². The molecule has 2 nitrogen and oxygen atoms in total. The second-order valence-electron chi connectivity index (χ2n) is 10.4. The van der Waals surface area contributed by atoms with Crippen molar-refractivity contribution in [3.63, 3.8) is 0 Å². The molecule has 0 amide bonds. The Bertz CT molecular complexity index is 3140. The van der Waals surface area contributed by atoms with Crippen molar-refractivity contribution in [1.29, 1.82) is 0 Å². The van der Waals surface area contributed by atoms with Gasteiger partial charge in [-0.2, -0.15) is 0 Å². The van der Waals surface area contributed by atoms with Gasteiger partial charge in [-0.3, -0.25) is 0 Å². The zero-order valence-electron chi connectivity index (χ0n) is 40.3. The van der Waals surface area contributed by atoms with E-state index in [4.69, 9.17) is 17.1 Å². The van der Waals surface area contributed by atoms with Crippen LogP contribution in [0.15, 0.2) is 176 Å². The van der Waals surface area contributed by atoms with Gasteiger partial charge in [-0.1, -0.05) is 133 Å². The summed E-state index contributed by atoms with van der Waals surface area (Å²) in [6, 6.07) is 7.05. The Kier molecular flexibility index (Phi) is 3.11. The molecule has 7 aromatic carbocycles. The first-order chi connectivity index (χ1) is 29.4. The van der Waals surface area contributed by atoms with Crippen molar-refractivity contribution in [1.82, 2.24) is 4.57 Å². The molecule has 45 heavy (non-hydrogen) atoms. The number of nitrogens with zero attached hydrogens (tertiary/aromatic N) is 1. The Morgan fingerprint density at radius 3 is 1.93 bits per heavy atom. The van der Waals surface area contributed by atoms with E-state index >= 15 is 0 Å². The summed E-state index contributed by atoms with van der Waals surface area (Å²) in [5.74, 6) is -1.41. The fraction of sp³-hybridized carbons (Fsp3) is 0.0233. The van der Waals surface area contributed by atoms with E-state index in [1.807, 2.05) is 59.2 Å². The summed E-state index contributed by atoms with van der Waals surface area (Å²) in [4.78, 5) is 0. The second-order valence-corrected chi connectivity index (χ2v) is 10.4. The molecule has 0 saturated carbocycles. The van der Waals surface area contributed by atoms with Gasteiger partial charge in [0, 0.05) is 27.6 Å². The third kappa shape index (κ3) is 3.82. The van der Waals surface area contributed by atoms with Crippen molar-refractivity contribution in [2.75, 3.05) is 0 Å². The number of ether oxygens (including phenoxy) is 1. The normalized spacial score (nSPS) is 18.5. The summed E-state index contributed by atoms with van der Waals surface area (Å²) in [6.45, 7) is 0. The van der Waals surface area contributed by atoms with Gasteiger partial charge in [0.15, 0.2) is 0 Å². The zero-order chi connectivity index (χ0) is 44.6. The minimum atomic E-state index is -3.01. The summed E-state index contributed by atoms with van der Waals surface area (Å²) in [6.07, 6.45) is 0. The first-order valence-corrected chi connectivity index (χ1v) is 14.1. The molecule has 0 fully saturated rings. The van der Waals surface area contributed by atoms with E-state index in [1.165, 1.54) is 0 Å². The van der Waals surface area contributed by atoms with Gasteiger partial charge in [0.05, 0.1) is 39.8 Å². The van der Waals surface area contributed by atoms with Crippen molar-refractivity contribution in [3.8, 4) is 28.3 Å². The maximum absolute atomic E-state index is 9.81. The molecule has 0 saturated heterocycles. The van der Waals surface area contributed by atoms with Gasteiger partial charge in [0.2, 0.25) is 0 Å². The second kappa shape index (κ2) is 10.1. The molecule has 0 N–H and O–H groups in total. The highest BCUT2D eigenvalue weighted by atomic mass is 16.5. The van der Waals surface area contributed by atoms with Gasteiger partial charge in [-0.25, -0.2) is 0 Å². The van der Waals surface area contributed by atoms with Crippen LogP contribution in [-0.4, -0.2) is 4.57 Å². The van der Waals surface area contributed by atoms with E-state index in [2.05, 4.69) is 0 Å². The lowest BCUT2D eigenvalue weighted by molar-refractivity contribution is 0.435. The summed E-state index contributed by atoms with van der Waals surface area (Å²) in [5, 5.41) is 1.52. The highest BCUT2D eigenvalue weighted by Gasteiger charge is 2.45. The molecule has 1 aromatic heterocycles. The summed E-state index contributed by atoms with van der Waals surface area (Å²) in [5.41, 5.74) is -3.61. The van der Waals surface area contributed by atoms with Gasteiger partial charge in [0.1, 0.15) is 11.5 Å². The number of hydrogen-bond acceptors (Lipinski definition) is 1. The van der Waals surface area contributed by atoms with Crippen molar-refractivity contribution in [3.05, 3.63) is 198 Å². The molecule has 9 rings (SSSR count). The first kappa shape index (κ1) is 13.8. The first-order valence-electron chi connectivity index (χ1n) is 22.6. The summed E-state index contributed by atoms with van der Waals surface area (Å²) >= 11 is 0. The van der Waals surface area contributed by atoms with Crippen LogP contribution < -0.4 is 4.74 Å². The number of hydrogen-bond donors (Lipinski definition) is 0. The van der Waals surface area contributed by atoms with Crippen LogP contribution in [0, 0.1) is 0 Å². The lowest BCUT2D eigenvalue weighted by Crippen LogP contribution is -2.34. The monoisotopic (exact) mass is 592 g/mol. The number of rotatable bonds is 4. The van der Waals surface area contributed by atoms with Gasteiger partial charge in [0.25, 0.3) is 0 Å². The molecule has 0 unspecified atom stereocenters. The largest absolute Gasteiger partial charge is 0.457 e. The maximum atomic E-state index is 9.81. The fourth-order valence-electron chi connectivity index (χ4n) is 6.23. The highest BCUT2D eigenvalue weighted by molar-refractivity contribution is 6.10. The van der Waals surface area contributed by atoms with Gasteiger partial charge in [-0.05, 0) is 64.7 Å². The number of benzene rings is 7. The molecule has 8 aromatic rings. The average molecular weight is 593 g/mol. The highest BCUT2D eigenvalue weighted by Crippen LogP contribution is 2.55. The van der Waals surface area contributed by atoms with Crippen LogP contribution in [0.2, 0.25) is 0 Å². The van der Waals surface area contributed by atoms with Crippen molar-refractivity contribution >= 4 is 21.8 Å². The Morgan fingerprint density at radius 2 is 1.16 bits per heavy atom. The Morgan fingerprint density at radius 1 is 0.511 bits per heavy atom. The quantitative estimate of drug-likeness (QED) is 0.198. The molecule has 2 heteroatoms. The van der Waals surface area contributed by atoms with Crippen LogP contribution in [0.3, 0.4) is 0 Å². The van der Waals surface area contributed by atoms with Crippen LogP contribution in [0.5, 0.6) is 11.5 Å². The molecule has 0 aliphatic carbocycles. The molecule has 0 spiro atoms. The van der Waals surface area contributed by atoms with E-state index in [0.717, 1.165) is 22.1 Å². The SMILES string of the molecule is [2H]c1c([2H])c([2H])c(C2(c3c([2H])c([2H])c([2H])c([2H])c3[2H])c3c([2H])c([2H])c([2H])c([2H])c3Oc3c([2H])c(-c4ccc5c(c4)c4ccccc4n5-c4ccccc4)c([2H])c([2H])c32)c([2H])c1[2H].